The zero-order valence-electron chi connectivity index (χ0n) is 15.1. The number of likely N-dealkylation sites (N-methyl/N-ethyl adjacent to an activating group) is 1. The number of hydrogen-bond acceptors (Lipinski definition) is 3. The maximum absolute atomic E-state index is 12.5. The third-order valence-corrected chi connectivity index (χ3v) is 5.04. The van der Waals surface area contributed by atoms with Crippen LogP contribution in [0.4, 0.5) is 5.69 Å². The highest BCUT2D eigenvalue weighted by molar-refractivity contribution is 6.34. The second-order valence-corrected chi connectivity index (χ2v) is 6.83. The minimum atomic E-state index is -0.143. The van der Waals surface area contributed by atoms with Crippen molar-refractivity contribution in [2.75, 3.05) is 25.0 Å². The fraction of sp³-hybridized carbons (Fsp3) is 0.579. The summed E-state index contributed by atoms with van der Waals surface area (Å²) < 4.78 is 0. The van der Waals surface area contributed by atoms with Gasteiger partial charge in [0, 0.05) is 24.8 Å². The first kappa shape index (κ1) is 19.6. The predicted molar refractivity (Wildman–Crippen MR) is 102 cm³/mol. The van der Waals surface area contributed by atoms with Gasteiger partial charge in [-0.15, -0.1) is 0 Å². The van der Waals surface area contributed by atoms with Crippen molar-refractivity contribution in [3.05, 3.63) is 28.8 Å². The summed E-state index contributed by atoms with van der Waals surface area (Å²) in [5.74, 6) is -0.108. The van der Waals surface area contributed by atoms with E-state index in [0.29, 0.717) is 23.7 Å². The van der Waals surface area contributed by atoms with Gasteiger partial charge < -0.3 is 15.5 Å². The topological polar surface area (TPSA) is 61.4 Å². The molecule has 0 aliphatic heterocycles. The van der Waals surface area contributed by atoms with E-state index in [0.717, 1.165) is 31.4 Å². The Bertz CT molecular complexity index is 596. The number of carbonyl (C=O) groups is 2. The first-order chi connectivity index (χ1) is 12.0. The van der Waals surface area contributed by atoms with E-state index < -0.39 is 0 Å². The molecule has 0 atom stereocenters. The molecule has 0 aromatic heterocycles. The molecule has 0 bridgehead atoms. The lowest BCUT2D eigenvalue weighted by Gasteiger charge is -2.23. The summed E-state index contributed by atoms with van der Waals surface area (Å²) >= 11 is 6.20. The molecule has 0 spiro atoms. The lowest BCUT2D eigenvalue weighted by molar-refractivity contribution is -0.128. The van der Waals surface area contributed by atoms with Gasteiger partial charge in [-0.1, -0.05) is 30.9 Å². The molecule has 1 aromatic carbocycles. The number of hydrogen-bond donors (Lipinski definition) is 2. The summed E-state index contributed by atoms with van der Waals surface area (Å²) in [5.41, 5.74) is 1.17. The Morgan fingerprint density at radius 1 is 1.16 bits per heavy atom. The van der Waals surface area contributed by atoms with Crippen molar-refractivity contribution in [1.29, 1.82) is 0 Å². The average Bonchev–Trinajstić information content (AvgIpc) is 2.62. The van der Waals surface area contributed by atoms with Crippen molar-refractivity contribution < 1.29 is 9.59 Å². The van der Waals surface area contributed by atoms with Crippen LogP contribution in [0.15, 0.2) is 18.2 Å². The molecule has 0 saturated heterocycles. The first-order valence-electron chi connectivity index (χ1n) is 9.17. The van der Waals surface area contributed by atoms with Crippen molar-refractivity contribution in [2.24, 2.45) is 0 Å². The number of anilines is 1. The van der Waals surface area contributed by atoms with Gasteiger partial charge >= 0.3 is 0 Å². The number of carbonyl (C=O) groups excluding carboxylic acids is 2. The second kappa shape index (κ2) is 9.66. The van der Waals surface area contributed by atoms with Crippen LogP contribution in [0.2, 0.25) is 5.02 Å². The quantitative estimate of drug-likeness (QED) is 0.774. The summed E-state index contributed by atoms with van der Waals surface area (Å²) in [6, 6.07) is 5.44. The summed E-state index contributed by atoms with van der Waals surface area (Å²) in [7, 11) is 0. The summed E-state index contributed by atoms with van der Waals surface area (Å²) in [6.45, 7) is 5.49. The lowest BCUT2D eigenvalue weighted by atomic mass is 9.95. The highest BCUT2D eigenvalue weighted by atomic mass is 35.5. The smallest absolute Gasteiger partial charge is 0.253 e. The molecule has 1 fully saturated rings. The molecular formula is C19H28ClN3O2. The van der Waals surface area contributed by atoms with Crippen molar-refractivity contribution in [3.8, 4) is 0 Å². The molecule has 0 unspecified atom stereocenters. The van der Waals surface area contributed by atoms with E-state index in [2.05, 4.69) is 10.6 Å². The van der Waals surface area contributed by atoms with Crippen LogP contribution in [-0.2, 0) is 4.79 Å². The van der Waals surface area contributed by atoms with Crippen LogP contribution in [0.3, 0.4) is 0 Å². The summed E-state index contributed by atoms with van der Waals surface area (Å²) in [4.78, 5) is 26.4. The molecular weight excluding hydrogens is 338 g/mol. The molecule has 25 heavy (non-hydrogen) atoms. The SMILES string of the molecule is CCN(CC)C(=O)CNc1ccc(Cl)c(C(=O)NC2CCCCC2)c1. The van der Waals surface area contributed by atoms with Gasteiger partial charge in [0.25, 0.3) is 5.91 Å². The van der Waals surface area contributed by atoms with E-state index in [1.54, 1.807) is 23.1 Å². The zero-order chi connectivity index (χ0) is 18.2. The van der Waals surface area contributed by atoms with Crippen molar-refractivity contribution >= 4 is 29.1 Å². The maximum atomic E-state index is 12.5. The van der Waals surface area contributed by atoms with E-state index in [1.807, 2.05) is 13.8 Å². The molecule has 2 amide bonds. The summed E-state index contributed by atoms with van der Waals surface area (Å²) in [5, 5.41) is 6.59. The van der Waals surface area contributed by atoms with E-state index in [9.17, 15) is 9.59 Å². The molecule has 2 rings (SSSR count). The van der Waals surface area contributed by atoms with Crippen LogP contribution in [0.25, 0.3) is 0 Å². The van der Waals surface area contributed by atoms with Gasteiger partial charge in [0.2, 0.25) is 5.91 Å². The van der Waals surface area contributed by atoms with Gasteiger partial charge in [-0.05, 0) is 44.9 Å². The Morgan fingerprint density at radius 2 is 1.84 bits per heavy atom. The number of rotatable bonds is 7. The van der Waals surface area contributed by atoms with E-state index in [1.165, 1.54) is 6.42 Å². The third kappa shape index (κ3) is 5.63. The fourth-order valence-electron chi connectivity index (χ4n) is 3.19. The molecule has 1 saturated carbocycles. The number of halogens is 1. The maximum Gasteiger partial charge on any atom is 0.253 e. The van der Waals surface area contributed by atoms with Crippen molar-refractivity contribution in [3.63, 3.8) is 0 Å². The second-order valence-electron chi connectivity index (χ2n) is 6.42. The van der Waals surface area contributed by atoms with E-state index in [4.69, 9.17) is 11.6 Å². The van der Waals surface area contributed by atoms with Crippen LogP contribution in [-0.4, -0.2) is 42.4 Å². The predicted octanol–water partition coefficient (Wildman–Crippen LogP) is 3.68. The van der Waals surface area contributed by atoms with Gasteiger partial charge in [0.1, 0.15) is 0 Å². The van der Waals surface area contributed by atoms with Crippen molar-refractivity contribution in [2.45, 2.75) is 52.0 Å². The summed E-state index contributed by atoms with van der Waals surface area (Å²) in [6.07, 6.45) is 5.62. The Balaban J connectivity index is 1.98. The van der Waals surface area contributed by atoms with Gasteiger partial charge in [-0.2, -0.15) is 0 Å². The highest BCUT2D eigenvalue weighted by Gasteiger charge is 2.19. The van der Waals surface area contributed by atoms with E-state index in [-0.39, 0.29) is 24.4 Å². The van der Waals surface area contributed by atoms with Crippen LogP contribution >= 0.6 is 11.6 Å². The molecule has 2 N–H and O–H groups in total. The molecule has 6 heteroatoms. The van der Waals surface area contributed by atoms with Crippen molar-refractivity contribution in [1.82, 2.24) is 10.2 Å². The molecule has 0 radical (unpaired) electrons. The van der Waals surface area contributed by atoms with Gasteiger partial charge in [-0.25, -0.2) is 0 Å². The third-order valence-electron chi connectivity index (χ3n) is 4.71. The molecule has 0 heterocycles. The number of benzene rings is 1. The Labute approximate surface area is 155 Å². The molecule has 1 aliphatic rings. The van der Waals surface area contributed by atoms with Crippen LogP contribution in [0.5, 0.6) is 0 Å². The minimum absolute atomic E-state index is 0.0353. The van der Waals surface area contributed by atoms with Gasteiger partial charge in [0.05, 0.1) is 17.1 Å². The normalized spacial score (nSPS) is 14.8. The fourth-order valence-corrected chi connectivity index (χ4v) is 3.39. The number of nitrogens with zero attached hydrogens (tertiary/aromatic N) is 1. The first-order valence-corrected chi connectivity index (χ1v) is 9.55. The monoisotopic (exact) mass is 365 g/mol. The Morgan fingerprint density at radius 3 is 2.48 bits per heavy atom. The Kier molecular flexibility index (Phi) is 7.56. The average molecular weight is 366 g/mol. The van der Waals surface area contributed by atoms with Gasteiger partial charge in [0.15, 0.2) is 0 Å². The van der Waals surface area contributed by atoms with Crippen LogP contribution < -0.4 is 10.6 Å². The largest absolute Gasteiger partial charge is 0.376 e. The lowest BCUT2D eigenvalue weighted by Crippen LogP contribution is -2.36. The molecule has 1 aliphatic carbocycles. The Hall–Kier alpha value is -1.75. The minimum Gasteiger partial charge on any atom is -0.376 e. The number of amides is 2. The molecule has 1 aromatic rings. The standard InChI is InChI=1S/C19H28ClN3O2/c1-3-23(4-2)18(24)13-21-15-10-11-17(20)16(12-15)19(25)22-14-8-6-5-7-9-14/h10-12,14,21H,3-9,13H2,1-2H3,(H,22,25). The zero-order valence-corrected chi connectivity index (χ0v) is 15.9. The molecule has 5 nitrogen and oxygen atoms in total. The van der Waals surface area contributed by atoms with Crippen LogP contribution in [0, 0.1) is 0 Å². The van der Waals surface area contributed by atoms with Crippen LogP contribution in [0.1, 0.15) is 56.3 Å². The highest BCUT2D eigenvalue weighted by Crippen LogP contribution is 2.22. The number of nitrogens with one attached hydrogen (secondary N) is 2. The van der Waals surface area contributed by atoms with Gasteiger partial charge in [-0.3, -0.25) is 9.59 Å². The van der Waals surface area contributed by atoms with E-state index >= 15 is 0 Å². The molecule has 138 valence electrons.